The molecule has 0 radical (unpaired) electrons. The normalized spacial score (nSPS) is 11.9. The Labute approximate surface area is 152 Å². The number of rotatable bonds is 8. The van der Waals surface area contributed by atoms with Crippen molar-refractivity contribution < 1.29 is 24.1 Å². The second kappa shape index (κ2) is 9.31. The minimum absolute atomic E-state index is 0.124. The van der Waals surface area contributed by atoms with Gasteiger partial charge >= 0.3 is 0 Å². The first-order valence-corrected chi connectivity index (χ1v) is 8.54. The average molecular weight is 361 g/mol. The van der Waals surface area contributed by atoms with E-state index in [1.165, 1.54) is 5.56 Å². The van der Waals surface area contributed by atoms with Crippen LogP contribution in [-0.4, -0.2) is 22.7 Å². The highest BCUT2D eigenvalue weighted by Gasteiger charge is 2.14. The molecule has 5 nitrogen and oxygen atoms in total. The first-order chi connectivity index (χ1) is 12.5. The molecule has 0 heterocycles. The molecule has 2 rings (SSSR count). The van der Waals surface area contributed by atoms with E-state index in [-0.39, 0.29) is 23.5 Å². The van der Waals surface area contributed by atoms with Crippen LogP contribution >= 0.6 is 0 Å². The summed E-state index contributed by atoms with van der Waals surface area (Å²) in [7, 11) is 0. The molecule has 1 atom stereocenters. The summed E-state index contributed by atoms with van der Waals surface area (Å²) in [5.74, 6) is -0.399. The summed E-state index contributed by atoms with van der Waals surface area (Å²) >= 11 is 0. The minimum Gasteiger partial charge on any atom is -0.483 e. The number of carbonyl (C=O) groups excluding carboxylic acids is 1. The molecule has 0 aliphatic carbocycles. The van der Waals surface area contributed by atoms with E-state index in [9.17, 15) is 19.4 Å². The summed E-state index contributed by atoms with van der Waals surface area (Å²) in [6, 6.07) is 9.82. The summed E-state index contributed by atoms with van der Waals surface area (Å²) in [6.45, 7) is 3.02. The standard InChI is InChI=1S/C20H24FNO4/c1-3-13(2)14-4-6-18(7-5-14)22-19(25)12-26-20-15(10-23)8-17(21)9-16(20)11-24/h4-9,13,23-24H,3,10-12H2,1-2H3,(H,22,25). The maximum atomic E-state index is 13.4. The number of aliphatic hydroxyl groups excluding tert-OH is 2. The second-order valence-corrected chi connectivity index (χ2v) is 6.14. The van der Waals surface area contributed by atoms with Gasteiger partial charge in [-0.1, -0.05) is 26.0 Å². The predicted octanol–water partition coefficient (Wildman–Crippen LogP) is 3.34. The molecule has 0 fully saturated rings. The van der Waals surface area contributed by atoms with E-state index in [4.69, 9.17) is 4.74 Å². The van der Waals surface area contributed by atoms with Gasteiger partial charge in [-0.05, 0) is 42.2 Å². The molecule has 0 aliphatic rings. The molecule has 0 aliphatic heterocycles. The third kappa shape index (κ3) is 5.03. The highest BCUT2D eigenvalue weighted by molar-refractivity contribution is 5.91. The van der Waals surface area contributed by atoms with Crippen LogP contribution in [-0.2, 0) is 18.0 Å². The number of amides is 1. The van der Waals surface area contributed by atoms with Crippen LogP contribution < -0.4 is 10.1 Å². The highest BCUT2D eigenvalue weighted by atomic mass is 19.1. The van der Waals surface area contributed by atoms with Gasteiger partial charge in [0.15, 0.2) is 6.61 Å². The molecule has 6 heteroatoms. The van der Waals surface area contributed by atoms with E-state index in [1.54, 1.807) is 0 Å². The van der Waals surface area contributed by atoms with Gasteiger partial charge in [-0.15, -0.1) is 0 Å². The van der Waals surface area contributed by atoms with Crippen molar-refractivity contribution in [2.45, 2.75) is 39.4 Å². The van der Waals surface area contributed by atoms with E-state index in [0.29, 0.717) is 11.6 Å². The van der Waals surface area contributed by atoms with E-state index in [0.717, 1.165) is 18.6 Å². The Morgan fingerprint density at radius 2 is 1.73 bits per heavy atom. The molecule has 1 unspecified atom stereocenters. The van der Waals surface area contributed by atoms with Gasteiger partial charge in [0.25, 0.3) is 5.91 Å². The molecule has 0 saturated heterocycles. The third-order valence-electron chi connectivity index (χ3n) is 4.27. The van der Waals surface area contributed by atoms with E-state index in [2.05, 4.69) is 19.2 Å². The van der Waals surface area contributed by atoms with Gasteiger partial charge in [0.2, 0.25) is 0 Å². The highest BCUT2D eigenvalue weighted by Crippen LogP contribution is 2.26. The zero-order chi connectivity index (χ0) is 19.1. The van der Waals surface area contributed by atoms with Crippen molar-refractivity contribution in [2.24, 2.45) is 0 Å². The lowest BCUT2D eigenvalue weighted by Crippen LogP contribution is -2.21. The number of halogens is 1. The monoisotopic (exact) mass is 361 g/mol. The van der Waals surface area contributed by atoms with Crippen LogP contribution in [0.5, 0.6) is 5.75 Å². The fourth-order valence-electron chi connectivity index (χ4n) is 2.60. The fraction of sp³-hybridized carbons (Fsp3) is 0.350. The van der Waals surface area contributed by atoms with Gasteiger partial charge in [-0.2, -0.15) is 0 Å². The summed E-state index contributed by atoms with van der Waals surface area (Å²) in [6.07, 6.45) is 1.04. The lowest BCUT2D eigenvalue weighted by molar-refractivity contribution is -0.118. The predicted molar refractivity (Wildman–Crippen MR) is 97.5 cm³/mol. The molecule has 0 spiro atoms. The molecule has 140 valence electrons. The molecule has 26 heavy (non-hydrogen) atoms. The third-order valence-corrected chi connectivity index (χ3v) is 4.27. The van der Waals surface area contributed by atoms with Crippen molar-refractivity contribution in [3.63, 3.8) is 0 Å². The Morgan fingerprint density at radius 3 is 2.23 bits per heavy atom. The molecule has 3 N–H and O–H groups in total. The summed E-state index contributed by atoms with van der Waals surface area (Å²) < 4.78 is 18.8. The number of carbonyl (C=O) groups is 1. The number of ether oxygens (including phenoxy) is 1. The molecular formula is C20H24FNO4. The number of hydrogen-bond acceptors (Lipinski definition) is 4. The first kappa shape index (κ1) is 19.9. The largest absolute Gasteiger partial charge is 0.483 e. The van der Waals surface area contributed by atoms with Gasteiger partial charge in [0, 0.05) is 16.8 Å². The summed E-state index contributed by atoms with van der Waals surface area (Å²) in [4.78, 5) is 12.1. The first-order valence-electron chi connectivity index (χ1n) is 8.54. The minimum atomic E-state index is -0.587. The maximum Gasteiger partial charge on any atom is 0.262 e. The van der Waals surface area contributed by atoms with Crippen LogP contribution in [0.4, 0.5) is 10.1 Å². The molecule has 2 aromatic carbocycles. The van der Waals surface area contributed by atoms with Gasteiger partial charge in [0.1, 0.15) is 11.6 Å². The van der Waals surface area contributed by atoms with Gasteiger partial charge < -0.3 is 20.3 Å². The van der Waals surface area contributed by atoms with Crippen molar-refractivity contribution in [3.8, 4) is 5.75 Å². The van der Waals surface area contributed by atoms with Crippen molar-refractivity contribution in [1.29, 1.82) is 0 Å². The Balaban J connectivity index is 2.01. The number of anilines is 1. The second-order valence-electron chi connectivity index (χ2n) is 6.14. The Hall–Kier alpha value is -2.44. The van der Waals surface area contributed by atoms with Crippen LogP contribution in [0.2, 0.25) is 0 Å². The van der Waals surface area contributed by atoms with Crippen molar-refractivity contribution in [2.75, 3.05) is 11.9 Å². The zero-order valence-corrected chi connectivity index (χ0v) is 15.0. The molecular weight excluding hydrogens is 337 g/mol. The lowest BCUT2D eigenvalue weighted by Gasteiger charge is -2.14. The smallest absolute Gasteiger partial charge is 0.262 e. The van der Waals surface area contributed by atoms with Crippen LogP contribution in [0.1, 0.15) is 42.9 Å². The number of nitrogens with one attached hydrogen (secondary N) is 1. The number of aliphatic hydroxyl groups is 2. The average Bonchev–Trinajstić information content (AvgIpc) is 2.66. The summed E-state index contributed by atoms with van der Waals surface area (Å²) in [5.41, 5.74) is 2.21. The van der Waals surface area contributed by atoms with Crippen LogP contribution in [0, 0.1) is 5.82 Å². The van der Waals surface area contributed by atoms with E-state index < -0.39 is 24.9 Å². The lowest BCUT2D eigenvalue weighted by atomic mass is 9.99. The maximum absolute atomic E-state index is 13.4. The summed E-state index contributed by atoms with van der Waals surface area (Å²) in [5, 5.41) is 21.4. The van der Waals surface area contributed by atoms with Crippen molar-refractivity contribution >= 4 is 11.6 Å². The van der Waals surface area contributed by atoms with Gasteiger partial charge in [-0.25, -0.2) is 4.39 Å². The Bertz CT molecular complexity index is 721. The van der Waals surface area contributed by atoms with Gasteiger partial charge in [-0.3, -0.25) is 4.79 Å². The van der Waals surface area contributed by atoms with Crippen LogP contribution in [0.3, 0.4) is 0 Å². The quantitative estimate of drug-likeness (QED) is 0.674. The van der Waals surface area contributed by atoms with Gasteiger partial charge in [0.05, 0.1) is 13.2 Å². The topological polar surface area (TPSA) is 78.8 Å². The van der Waals surface area contributed by atoms with Crippen molar-refractivity contribution in [1.82, 2.24) is 0 Å². The number of benzene rings is 2. The van der Waals surface area contributed by atoms with E-state index in [1.807, 2.05) is 24.3 Å². The molecule has 1 amide bonds. The SMILES string of the molecule is CCC(C)c1ccc(NC(=O)COc2c(CO)cc(F)cc2CO)cc1. The fourth-order valence-corrected chi connectivity index (χ4v) is 2.60. The molecule has 0 aromatic heterocycles. The zero-order valence-electron chi connectivity index (χ0n) is 15.0. The van der Waals surface area contributed by atoms with Crippen molar-refractivity contribution in [3.05, 3.63) is 58.9 Å². The van der Waals surface area contributed by atoms with E-state index >= 15 is 0 Å². The van der Waals surface area contributed by atoms with Crippen LogP contribution in [0.25, 0.3) is 0 Å². The van der Waals surface area contributed by atoms with Crippen LogP contribution in [0.15, 0.2) is 36.4 Å². The Morgan fingerprint density at radius 1 is 1.15 bits per heavy atom. The molecule has 0 bridgehead atoms. The number of hydrogen-bond donors (Lipinski definition) is 3. The molecule has 0 saturated carbocycles. The Kier molecular flexibility index (Phi) is 7.12. The molecule has 2 aromatic rings.